The van der Waals surface area contributed by atoms with E-state index < -0.39 is 0 Å². The van der Waals surface area contributed by atoms with Crippen LogP contribution < -0.4 is 10.9 Å². The molecule has 0 radical (unpaired) electrons. The minimum atomic E-state index is -0.268. The number of carbonyl (C=O) groups excluding carboxylic acids is 1. The lowest BCUT2D eigenvalue weighted by molar-refractivity contribution is -0.122. The molecule has 2 aromatic carbocycles. The lowest BCUT2D eigenvalue weighted by Gasteiger charge is -2.14. The standard InChI is InChI=1S/C25H25ClN4O2/c1-16(20-9-5-4-6-10-20)28-23(31)15-30-25(32)24-18(3)29(17(2)22(24)13-27-30)14-19-8-7-11-21(26)12-19/h4-13,16H,14-15H2,1-3H3,(H,28,31)/t16-/m0/s1. The molecule has 0 fully saturated rings. The van der Waals surface area contributed by atoms with Gasteiger partial charge in [0.15, 0.2) is 0 Å². The molecule has 7 heteroatoms. The molecule has 6 nitrogen and oxygen atoms in total. The summed E-state index contributed by atoms with van der Waals surface area (Å²) in [6, 6.07) is 17.2. The van der Waals surface area contributed by atoms with Crippen molar-refractivity contribution in [2.75, 3.05) is 0 Å². The van der Waals surface area contributed by atoms with Gasteiger partial charge in [-0.05, 0) is 44.0 Å². The lowest BCUT2D eigenvalue weighted by atomic mass is 10.1. The second kappa shape index (κ2) is 9.01. The van der Waals surface area contributed by atoms with E-state index in [1.54, 1.807) is 6.20 Å². The SMILES string of the molecule is Cc1c2cnn(CC(=O)N[C@@H](C)c3ccccc3)c(=O)c2c(C)n1Cc1cccc(Cl)c1. The smallest absolute Gasteiger partial charge is 0.276 e. The molecule has 0 aliphatic carbocycles. The zero-order chi connectivity index (χ0) is 22.8. The van der Waals surface area contributed by atoms with Crippen molar-refractivity contribution in [3.05, 3.63) is 98.7 Å². The van der Waals surface area contributed by atoms with Crippen molar-refractivity contribution in [3.63, 3.8) is 0 Å². The van der Waals surface area contributed by atoms with Crippen molar-refractivity contribution in [2.45, 2.75) is 39.9 Å². The summed E-state index contributed by atoms with van der Waals surface area (Å²) >= 11 is 6.13. The van der Waals surface area contributed by atoms with Crippen molar-refractivity contribution in [1.29, 1.82) is 0 Å². The molecule has 32 heavy (non-hydrogen) atoms. The van der Waals surface area contributed by atoms with Gasteiger partial charge in [-0.15, -0.1) is 0 Å². The topological polar surface area (TPSA) is 68.9 Å². The number of fused-ring (bicyclic) bond motifs is 1. The molecule has 4 rings (SSSR count). The van der Waals surface area contributed by atoms with Crippen LogP contribution in [0.2, 0.25) is 5.02 Å². The van der Waals surface area contributed by atoms with E-state index >= 15 is 0 Å². The van der Waals surface area contributed by atoms with Gasteiger partial charge in [0.25, 0.3) is 5.56 Å². The quantitative estimate of drug-likeness (QED) is 0.475. The second-order valence-electron chi connectivity index (χ2n) is 7.98. The molecule has 0 saturated heterocycles. The minimum absolute atomic E-state index is 0.135. The first-order valence-corrected chi connectivity index (χ1v) is 10.9. The van der Waals surface area contributed by atoms with Gasteiger partial charge in [-0.25, -0.2) is 4.68 Å². The van der Waals surface area contributed by atoms with E-state index in [-0.39, 0.29) is 24.1 Å². The third-order valence-electron chi connectivity index (χ3n) is 5.81. The fraction of sp³-hybridized carbons (Fsp3) is 0.240. The third-order valence-corrected chi connectivity index (χ3v) is 6.04. The predicted molar refractivity (Wildman–Crippen MR) is 127 cm³/mol. The van der Waals surface area contributed by atoms with Gasteiger partial charge in [-0.1, -0.05) is 54.1 Å². The van der Waals surface area contributed by atoms with Crippen LogP contribution in [0.25, 0.3) is 10.8 Å². The van der Waals surface area contributed by atoms with Gasteiger partial charge < -0.3 is 9.88 Å². The number of aromatic nitrogens is 3. The highest BCUT2D eigenvalue weighted by atomic mass is 35.5. The number of nitrogens with one attached hydrogen (secondary N) is 1. The Hall–Kier alpha value is -3.38. The molecule has 2 aromatic heterocycles. The van der Waals surface area contributed by atoms with E-state index in [1.807, 2.05) is 75.4 Å². The van der Waals surface area contributed by atoms with Crippen LogP contribution in [0, 0.1) is 13.8 Å². The van der Waals surface area contributed by atoms with E-state index in [9.17, 15) is 9.59 Å². The van der Waals surface area contributed by atoms with Gasteiger partial charge in [0.1, 0.15) is 6.54 Å². The predicted octanol–water partition coefficient (Wildman–Crippen LogP) is 4.39. The first-order chi connectivity index (χ1) is 15.3. The molecule has 0 aliphatic rings. The van der Waals surface area contributed by atoms with Crippen LogP contribution in [0.4, 0.5) is 0 Å². The van der Waals surface area contributed by atoms with Crippen molar-refractivity contribution >= 4 is 28.3 Å². The maximum Gasteiger partial charge on any atom is 0.276 e. The van der Waals surface area contributed by atoms with Gasteiger partial charge in [0.2, 0.25) is 5.91 Å². The van der Waals surface area contributed by atoms with Crippen LogP contribution in [0.15, 0.2) is 65.6 Å². The molecule has 0 spiro atoms. The molecule has 164 valence electrons. The molecule has 2 heterocycles. The highest BCUT2D eigenvalue weighted by Crippen LogP contribution is 2.23. The minimum Gasteiger partial charge on any atom is -0.348 e. The van der Waals surface area contributed by atoms with E-state index in [0.29, 0.717) is 17.0 Å². The van der Waals surface area contributed by atoms with Crippen LogP contribution >= 0.6 is 11.6 Å². The van der Waals surface area contributed by atoms with Gasteiger partial charge in [0.05, 0.1) is 17.6 Å². The summed E-state index contributed by atoms with van der Waals surface area (Å²) in [7, 11) is 0. The van der Waals surface area contributed by atoms with E-state index in [0.717, 1.165) is 27.9 Å². The molecule has 4 aromatic rings. The Labute approximate surface area is 191 Å². The summed E-state index contributed by atoms with van der Waals surface area (Å²) in [5.41, 5.74) is 3.58. The van der Waals surface area contributed by atoms with E-state index in [1.165, 1.54) is 4.68 Å². The number of carbonyl (C=O) groups is 1. The Kier molecular flexibility index (Phi) is 6.15. The number of aryl methyl sites for hydroxylation is 2. The largest absolute Gasteiger partial charge is 0.348 e. The molecule has 0 unspecified atom stereocenters. The fourth-order valence-electron chi connectivity index (χ4n) is 4.06. The van der Waals surface area contributed by atoms with Crippen LogP contribution in [-0.4, -0.2) is 20.3 Å². The van der Waals surface area contributed by atoms with Crippen LogP contribution in [0.5, 0.6) is 0 Å². The van der Waals surface area contributed by atoms with Gasteiger partial charge in [-0.3, -0.25) is 9.59 Å². The van der Waals surface area contributed by atoms with Crippen molar-refractivity contribution in [2.24, 2.45) is 0 Å². The number of rotatable bonds is 6. The van der Waals surface area contributed by atoms with Gasteiger partial charge in [0, 0.05) is 28.3 Å². The molecule has 1 atom stereocenters. The maximum atomic E-state index is 13.2. The third kappa shape index (κ3) is 4.32. The molecule has 0 aliphatic heterocycles. The average molecular weight is 449 g/mol. The molecule has 1 amide bonds. The Bertz CT molecular complexity index is 1340. The summed E-state index contributed by atoms with van der Waals surface area (Å²) in [5, 5.41) is 9.26. The second-order valence-corrected chi connectivity index (χ2v) is 8.42. The maximum absolute atomic E-state index is 13.2. The van der Waals surface area contributed by atoms with Crippen molar-refractivity contribution in [3.8, 4) is 0 Å². The number of amides is 1. The summed E-state index contributed by atoms with van der Waals surface area (Å²) in [6.45, 7) is 6.27. The van der Waals surface area contributed by atoms with E-state index in [4.69, 9.17) is 11.6 Å². The van der Waals surface area contributed by atoms with Crippen LogP contribution in [0.1, 0.15) is 35.5 Å². The van der Waals surface area contributed by atoms with Crippen LogP contribution in [-0.2, 0) is 17.9 Å². The fourth-order valence-corrected chi connectivity index (χ4v) is 4.27. The summed E-state index contributed by atoms with van der Waals surface area (Å²) in [4.78, 5) is 25.8. The van der Waals surface area contributed by atoms with Crippen LogP contribution in [0.3, 0.4) is 0 Å². The molecule has 0 saturated carbocycles. The number of hydrogen-bond donors (Lipinski definition) is 1. The van der Waals surface area contributed by atoms with Crippen molar-refractivity contribution < 1.29 is 4.79 Å². The lowest BCUT2D eigenvalue weighted by Crippen LogP contribution is -2.35. The molecule has 1 N–H and O–H groups in total. The highest BCUT2D eigenvalue weighted by molar-refractivity contribution is 6.30. The Morgan fingerprint density at radius 3 is 2.56 bits per heavy atom. The normalized spacial score (nSPS) is 12.1. The first kappa shape index (κ1) is 21.8. The monoisotopic (exact) mass is 448 g/mol. The number of nitrogens with zero attached hydrogens (tertiary/aromatic N) is 3. The highest BCUT2D eigenvalue weighted by Gasteiger charge is 2.18. The van der Waals surface area contributed by atoms with Crippen molar-refractivity contribution in [1.82, 2.24) is 19.7 Å². The first-order valence-electron chi connectivity index (χ1n) is 10.5. The summed E-state index contributed by atoms with van der Waals surface area (Å²) < 4.78 is 3.31. The van der Waals surface area contributed by atoms with Gasteiger partial charge in [-0.2, -0.15) is 5.10 Å². The average Bonchev–Trinajstić information content (AvgIpc) is 3.01. The zero-order valence-electron chi connectivity index (χ0n) is 18.3. The zero-order valence-corrected chi connectivity index (χ0v) is 19.1. The van der Waals surface area contributed by atoms with E-state index in [2.05, 4.69) is 15.0 Å². The summed E-state index contributed by atoms with van der Waals surface area (Å²) in [6.07, 6.45) is 1.67. The Morgan fingerprint density at radius 2 is 1.84 bits per heavy atom. The van der Waals surface area contributed by atoms with Gasteiger partial charge >= 0.3 is 0 Å². The number of hydrogen-bond acceptors (Lipinski definition) is 3. The Balaban J connectivity index is 1.60. The number of benzene rings is 2. The molecular weight excluding hydrogens is 424 g/mol. The summed E-state index contributed by atoms with van der Waals surface area (Å²) in [5.74, 6) is -0.261. The Morgan fingerprint density at radius 1 is 1.09 bits per heavy atom. The molecule has 0 bridgehead atoms. The number of halogens is 1. The molecular formula is C25H25ClN4O2.